The summed E-state index contributed by atoms with van der Waals surface area (Å²) < 4.78 is 0. The normalized spacial score (nSPS) is 12.5. The minimum atomic E-state index is 0.0723. The molecule has 0 amide bonds. The third kappa shape index (κ3) is 1.07. The van der Waals surface area contributed by atoms with Crippen LogP contribution in [-0.2, 0) is 0 Å². The number of benzene rings is 2. The molecule has 0 aromatic heterocycles. The van der Waals surface area contributed by atoms with Crippen LogP contribution in [0.3, 0.4) is 0 Å². The number of hydrogen-bond donors (Lipinski definition) is 0. The fraction of sp³-hybridized carbons (Fsp3) is 0. The topological polar surface area (TPSA) is 17.1 Å². The smallest absolute Gasteiger partial charge is 0.194 e. The van der Waals surface area contributed by atoms with Crippen molar-refractivity contribution in [2.24, 2.45) is 0 Å². The van der Waals surface area contributed by atoms with Crippen LogP contribution in [0.15, 0.2) is 42.5 Å². The second-order valence-electron chi connectivity index (χ2n) is 3.54. The molecule has 0 heterocycles. The van der Waals surface area contributed by atoms with Gasteiger partial charge >= 0.3 is 0 Å². The fourth-order valence-corrected chi connectivity index (χ4v) is 2.31. The van der Waals surface area contributed by atoms with Crippen LogP contribution >= 0.6 is 11.6 Å². The molecule has 0 atom stereocenters. The number of carbonyl (C=O) groups is 1. The lowest BCUT2D eigenvalue weighted by atomic mass is 10.1. The lowest BCUT2D eigenvalue weighted by Crippen LogP contribution is -1.93. The third-order valence-corrected chi connectivity index (χ3v) is 3.01. The van der Waals surface area contributed by atoms with Gasteiger partial charge in [0.25, 0.3) is 0 Å². The Hall–Kier alpha value is -1.60. The second kappa shape index (κ2) is 2.94. The number of halogens is 1. The molecule has 15 heavy (non-hydrogen) atoms. The number of rotatable bonds is 0. The standard InChI is InChI=1S/C13H7ClO/c14-11-7-3-6-10-12(11)8-4-1-2-5-9(8)13(10)15/h1-7H. The summed E-state index contributed by atoms with van der Waals surface area (Å²) in [6.45, 7) is 0. The SMILES string of the molecule is O=C1c2ccccc2-c2c(Cl)cccc21. The van der Waals surface area contributed by atoms with E-state index >= 15 is 0 Å². The summed E-state index contributed by atoms with van der Waals surface area (Å²) in [5, 5.41) is 0.644. The number of hydrogen-bond acceptors (Lipinski definition) is 1. The van der Waals surface area contributed by atoms with Gasteiger partial charge in [-0.2, -0.15) is 0 Å². The van der Waals surface area contributed by atoms with E-state index < -0.39 is 0 Å². The van der Waals surface area contributed by atoms with Crippen LogP contribution in [0.1, 0.15) is 15.9 Å². The first-order valence-corrected chi connectivity index (χ1v) is 5.09. The maximum absolute atomic E-state index is 12.0. The fourth-order valence-electron chi connectivity index (χ4n) is 2.03. The van der Waals surface area contributed by atoms with Gasteiger partial charge in [-0.05, 0) is 11.6 Å². The Morgan fingerprint density at radius 1 is 0.800 bits per heavy atom. The molecule has 0 N–H and O–H groups in total. The van der Waals surface area contributed by atoms with Crippen LogP contribution in [0.4, 0.5) is 0 Å². The van der Waals surface area contributed by atoms with Gasteiger partial charge in [-0.3, -0.25) is 4.79 Å². The summed E-state index contributed by atoms with van der Waals surface area (Å²) in [4.78, 5) is 12.0. The molecule has 0 unspecified atom stereocenters. The Kier molecular flexibility index (Phi) is 1.70. The number of fused-ring (bicyclic) bond motifs is 3. The molecule has 0 aliphatic heterocycles. The molecule has 0 fully saturated rings. The molecule has 2 aromatic carbocycles. The Morgan fingerprint density at radius 2 is 1.47 bits per heavy atom. The predicted octanol–water partition coefficient (Wildman–Crippen LogP) is 3.55. The molecule has 0 saturated heterocycles. The molecule has 1 aliphatic rings. The van der Waals surface area contributed by atoms with Gasteiger partial charge in [-0.15, -0.1) is 0 Å². The molecule has 0 saturated carbocycles. The minimum Gasteiger partial charge on any atom is -0.289 e. The number of carbonyl (C=O) groups excluding carboxylic acids is 1. The highest BCUT2D eigenvalue weighted by molar-refractivity contribution is 6.36. The van der Waals surface area contributed by atoms with Crippen LogP contribution < -0.4 is 0 Å². The Bertz CT molecular complexity index is 572. The van der Waals surface area contributed by atoms with E-state index in [2.05, 4.69) is 0 Å². The average Bonchev–Trinajstić information content (AvgIpc) is 2.55. The zero-order chi connectivity index (χ0) is 10.4. The van der Waals surface area contributed by atoms with Crippen LogP contribution in [-0.4, -0.2) is 5.78 Å². The Morgan fingerprint density at radius 3 is 2.27 bits per heavy atom. The maximum atomic E-state index is 12.0. The quantitative estimate of drug-likeness (QED) is 0.559. The van der Waals surface area contributed by atoms with Gasteiger partial charge in [0, 0.05) is 21.7 Å². The molecule has 72 valence electrons. The molecular formula is C13H7ClO. The molecule has 3 rings (SSSR count). The molecule has 0 radical (unpaired) electrons. The molecule has 2 heteroatoms. The lowest BCUT2D eigenvalue weighted by molar-refractivity contribution is 0.104. The van der Waals surface area contributed by atoms with E-state index in [4.69, 9.17) is 11.6 Å². The van der Waals surface area contributed by atoms with Crippen molar-refractivity contribution in [1.29, 1.82) is 0 Å². The minimum absolute atomic E-state index is 0.0723. The summed E-state index contributed by atoms with van der Waals surface area (Å²) in [7, 11) is 0. The highest BCUT2D eigenvalue weighted by atomic mass is 35.5. The van der Waals surface area contributed by atoms with Crippen molar-refractivity contribution in [3.8, 4) is 11.1 Å². The maximum Gasteiger partial charge on any atom is 0.194 e. The molecule has 0 spiro atoms. The molecule has 2 aromatic rings. The van der Waals surface area contributed by atoms with E-state index in [0.717, 1.165) is 16.7 Å². The van der Waals surface area contributed by atoms with Crippen molar-refractivity contribution < 1.29 is 4.79 Å². The van der Waals surface area contributed by atoms with Gasteiger partial charge in [0.05, 0.1) is 0 Å². The van der Waals surface area contributed by atoms with Crippen LogP contribution in [0.5, 0.6) is 0 Å². The summed E-state index contributed by atoms with van der Waals surface area (Å²) >= 11 is 6.11. The van der Waals surface area contributed by atoms with Crippen LogP contribution in [0, 0.1) is 0 Å². The van der Waals surface area contributed by atoms with Gasteiger partial charge in [0.1, 0.15) is 0 Å². The first-order chi connectivity index (χ1) is 7.29. The van der Waals surface area contributed by atoms with Crippen molar-refractivity contribution in [2.45, 2.75) is 0 Å². The van der Waals surface area contributed by atoms with Crippen LogP contribution in [0.25, 0.3) is 11.1 Å². The molecule has 1 aliphatic carbocycles. The molecular weight excluding hydrogens is 208 g/mol. The van der Waals surface area contributed by atoms with Crippen molar-refractivity contribution in [2.75, 3.05) is 0 Å². The Labute approximate surface area is 92.3 Å². The highest BCUT2D eigenvalue weighted by Gasteiger charge is 2.27. The summed E-state index contributed by atoms with van der Waals surface area (Å²) in [5.41, 5.74) is 3.28. The predicted molar refractivity (Wildman–Crippen MR) is 60.3 cm³/mol. The van der Waals surface area contributed by atoms with Gasteiger partial charge in [-0.1, -0.05) is 48.0 Å². The zero-order valence-electron chi connectivity index (χ0n) is 7.83. The summed E-state index contributed by atoms with van der Waals surface area (Å²) in [6.07, 6.45) is 0. The van der Waals surface area contributed by atoms with E-state index in [0.29, 0.717) is 10.6 Å². The second-order valence-corrected chi connectivity index (χ2v) is 3.94. The van der Waals surface area contributed by atoms with Crippen molar-refractivity contribution >= 4 is 17.4 Å². The van der Waals surface area contributed by atoms with Crippen LogP contribution in [0.2, 0.25) is 5.02 Å². The summed E-state index contributed by atoms with van der Waals surface area (Å²) in [6, 6.07) is 13.0. The summed E-state index contributed by atoms with van der Waals surface area (Å²) in [5.74, 6) is 0.0723. The van der Waals surface area contributed by atoms with Crippen molar-refractivity contribution in [3.63, 3.8) is 0 Å². The zero-order valence-corrected chi connectivity index (χ0v) is 8.58. The number of ketones is 1. The van der Waals surface area contributed by atoms with Gasteiger partial charge in [-0.25, -0.2) is 0 Å². The van der Waals surface area contributed by atoms with Gasteiger partial charge < -0.3 is 0 Å². The van der Waals surface area contributed by atoms with Gasteiger partial charge in [0.15, 0.2) is 5.78 Å². The van der Waals surface area contributed by atoms with Crippen molar-refractivity contribution in [3.05, 3.63) is 58.6 Å². The monoisotopic (exact) mass is 214 g/mol. The van der Waals surface area contributed by atoms with Gasteiger partial charge in [0.2, 0.25) is 0 Å². The van der Waals surface area contributed by atoms with E-state index in [1.54, 1.807) is 0 Å². The largest absolute Gasteiger partial charge is 0.289 e. The highest BCUT2D eigenvalue weighted by Crippen LogP contribution is 2.40. The Balaban J connectivity index is 2.45. The lowest BCUT2D eigenvalue weighted by Gasteiger charge is -2.00. The van der Waals surface area contributed by atoms with E-state index in [1.165, 1.54) is 0 Å². The van der Waals surface area contributed by atoms with E-state index in [9.17, 15) is 4.79 Å². The average molecular weight is 215 g/mol. The third-order valence-electron chi connectivity index (χ3n) is 2.70. The van der Waals surface area contributed by atoms with E-state index in [1.807, 2.05) is 42.5 Å². The van der Waals surface area contributed by atoms with Crippen molar-refractivity contribution in [1.82, 2.24) is 0 Å². The molecule has 1 nitrogen and oxygen atoms in total. The van der Waals surface area contributed by atoms with E-state index in [-0.39, 0.29) is 5.78 Å². The molecule has 0 bridgehead atoms. The first kappa shape index (κ1) is 8.69. The first-order valence-electron chi connectivity index (χ1n) is 4.71.